The van der Waals surface area contributed by atoms with Crippen LogP contribution in [-0.2, 0) is 12.8 Å². The fourth-order valence-electron chi connectivity index (χ4n) is 2.15. The normalized spacial score (nSPS) is 13.5. The van der Waals surface area contributed by atoms with Gasteiger partial charge in [0.25, 0.3) is 5.91 Å². The standard InChI is InChI=1S/C13H19N3OS2/c1-2-7-14-13(18)16-15-12(17)10-8-19-11-6-4-3-5-9(10)11/h8H,2-7H2,1H3,(H,15,17)(H2,14,16,18). The summed E-state index contributed by atoms with van der Waals surface area (Å²) in [5, 5.41) is 5.42. The minimum Gasteiger partial charge on any atom is -0.361 e. The van der Waals surface area contributed by atoms with Crippen molar-refractivity contribution in [1.82, 2.24) is 16.2 Å². The van der Waals surface area contributed by atoms with Crippen LogP contribution in [-0.4, -0.2) is 17.6 Å². The summed E-state index contributed by atoms with van der Waals surface area (Å²) in [6, 6.07) is 0. The molecule has 6 heteroatoms. The Morgan fingerprint density at radius 2 is 2.16 bits per heavy atom. The lowest BCUT2D eigenvalue weighted by Gasteiger charge is -2.14. The average Bonchev–Trinajstić information content (AvgIpc) is 2.86. The van der Waals surface area contributed by atoms with Crippen LogP contribution < -0.4 is 16.2 Å². The average molecular weight is 297 g/mol. The molecule has 1 aliphatic rings. The second-order valence-corrected chi connectivity index (χ2v) is 5.97. The molecule has 4 nitrogen and oxygen atoms in total. The monoisotopic (exact) mass is 297 g/mol. The first-order valence-corrected chi connectivity index (χ1v) is 7.94. The molecule has 1 aromatic rings. The minimum atomic E-state index is -0.0972. The number of carbonyl (C=O) groups excluding carboxylic acids is 1. The topological polar surface area (TPSA) is 53.2 Å². The number of rotatable bonds is 3. The zero-order valence-electron chi connectivity index (χ0n) is 11.0. The molecule has 0 aliphatic heterocycles. The molecule has 1 amide bonds. The molecule has 3 N–H and O–H groups in total. The lowest BCUT2D eigenvalue weighted by Crippen LogP contribution is -2.47. The first kappa shape index (κ1) is 14.3. The van der Waals surface area contributed by atoms with Crippen molar-refractivity contribution in [3.63, 3.8) is 0 Å². The van der Waals surface area contributed by atoms with Crippen LogP contribution >= 0.6 is 23.6 Å². The number of amides is 1. The van der Waals surface area contributed by atoms with E-state index in [1.165, 1.54) is 23.3 Å². The van der Waals surface area contributed by atoms with Crippen LogP contribution in [0.25, 0.3) is 0 Å². The van der Waals surface area contributed by atoms with E-state index < -0.39 is 0 Å². The number of fused-ring (bicyclic) bond motifs is 1. The molecule has 0 radical (unpaired) electrons. The fourth-order valence-corrected chi connectivity index (χ4v) is 3.43. The Morgan fingerprint density at radius 3 is 2.95 bits per heavy atom. The number of hydrogen-bond donors (Lipinski definition) is 3. The van der Waals surface area contributed by atoms with Crippen LogP contribution in [0.4, 0.5) is 0 Å². The minimum absolute atomic E-state index is 0.0972. The number of carbonyl (C=O) groups is 1. The zero-order valence-corrected chi connectivity index (χ0v) is 12.7. The van der Waals surface area contributed by atoms with E-state index in [9.17, 15) is 4.79 Å². The van der Waals surface area contributed by atoms with Crippen LogP contribution in [0, 0.1) is 0 Å². The highest BCUT2D eigenvalue weighted by Crippen LogP contribution is 2.29. The molecular formula is C13H19N3OS2. The van der Waals surface area contributed by atoms with E-state index in [4.69, 9.17) is 12.2 Å². The number of hydrazine groups is 1. The predicted molar refractivity (Wildman–Crippen MR) is 82.5 cm³/mol. The Hall–Kier alpha value is -1.14. The summed E-state index contributed by atoms with van der Waals surface area (Å²) < 4.78 is 0. The van der Waals surface area contributed by atoms with Crippen molar-refractivity contribution in [2.24, 2.45) is 0 Å². The van der Waals surface area contributed by atoms with Gasteiger partial charge in [-0.15, -0.1) is 11.3 Å². The van der Waals surface area contributed by atoms with Crippen LogP contribution in [0.2, 0.25) is 0 Å². The second-order valence-electron chi connectivity index (χ2n) is 4.59. The van der Waals surface area contributed by atoms with Crippen molar-refractivity contribution < 1.29 is 4.79 Å². The molecule has 19 heavy (non-hydrogen) atoms. The van der Waals surface area contributed by atoms with E-state index in [-0.39, 0.29) is 5.91 Å². The SMILES string of the molecule is CCCNC(=S)NNC(=O)c1csc2c1CCCC2. The second kappa shape index (κ2) is 6.86. The Morgan fingerprint density at radius 1 is 1.37 bits per heavy atom. The molecule has 0 bridgehead atoms. The molecule has 0 fully saturated rings. The number of hydrogen-bond acceptors (Lipinski definition) is 3. The summed E-state index contributed by atoms with van der Waals surface area (Å²) in [4.78, 5) is 13.5. The number of thiocarbonyl (C=S) groups is 1. The third kappa shape index (κ3) is 3.67. The lowest BCUT2D eigenvalue weighted by molar-refractivity contribution is 0.0943. The summed E-state index contributed by atoms with van der Waals surface area (Å²) in [6.07, 6.45) is 5.52. The van der Waals surface area contributed by atoms with Crippen molar-refractivity contribution in [3.05, 3.63) is 21.4 Å². The molecule has 0 saturated carbocycles. The maximum absolute atomic E-state index is 12.1. The molecule has 0 unspecified atom stereocenters. The number of nitrogens with one attached hydrogen (secondary N) is 3. The van der Waals surface area contributed by atoms with E-state index in [1.807, 2.05) is 5.38 Å². The van der Waals surface area contributed by atoms with E-state index in [0.29, 0.717) is 5.11 Å². The van der Waals surface area contributed by atoms with Gasteiger partial charge in [-0.1, -0.05) is 6.92 Å². The van der Waals surface area contributed by atoms with E-state index in [0.717, 1.165) is 31.4 Å². The first-order valence-electron chi connectivity index (χ1n) is 6.65. The predicted octanol–water partition coefficient (Wildman–Crippen LogP) is 2.15. The smallest absolute Gasteiger partial charge is 0.270 e. The maximum Gasteiger partial charge on any atom is 0.270 e. The molecule has 104 valence electrons. The number of aryl methyl sites for hydroxylation is 1. The summed E-state index contributed by atoms with van der Waals surface area (Å²) in [7, 11) is 0. The van der Waals surface area contributed by atoms with Gasteiger partial charge < -0.3 is 5.32 Å². The van der Waals surface area contributed by atoms with Crippen molar-refractivity contribution in [2.75, 3.05) is 6.54 Å². The van der Waals surface area contributed by atoms with Gasteiger partial charge in [0.1, 0.15) is 0 Å². The Balaban J connectivity index is 1.90. The summed E-state index contributed by atoms with van der Waals surface area (Å²) in [6.45, 7) is 2.86. The highest BCUT2D eigenvalue weighted by molar-refractivity contribution is 7.80. The highest BCUT2D eigenvalue weighted by Gasteiger charge is 2.19. The zero-order chi connectivity index (χ0) is 13.7. The van der Waals surface area contributed by atoms with Gasteiger partial charge in [-0.05, 0) is 49.9 Å². The van der Waals surface area contributed by atoms with Crippen LogP contribution in [0.1, 0.15) is 47.0 Å². The van der Waals surface area contributed by atoms with Gasteiger partial charge in [-0.25, -0.2) is 0 Å². The van der Waals surface area contributed by atoms with Crippen LogP contribution in [0.3, 0.4) is 0 Å². The summed E-state index contributed by atoms with van der Waals surface area (Å²) >= 11 is 6.75. The van der Waals surface area contributed by atoms with E-state index in [1.54, 1.807) is 11.3 Å². The van der Waals surface area contributed by atoms with E-state index in [2.05, 4.69) is 23.1 Å². The highest BCUT2D eigenvalue weighted by atomic mass is 32.1. The fraction of sp³-hybridized carbons (Fsp3) is 0.538. The quantitative estimate of drug-likeness (QED) is 0.591. The van der Waals surface area contributed by atoms with Gasteiger partial charge in [0, 0.05) is 16.8 Å². The first-order chi connectivity index (χ1) is 9.22. The van der Waals surface area contributed by atoms with Gasteiger partial charge in [0.15, 0.2) is 5.11 Å². The maximum atomic E-state index is 12.1. The molecule has 0 saturated heterocycles. The van der Waals surface area contributed by atoms with Gasteiger partial charge in [0.05, 0.1) is 5.56 Å². The molecule has 1 aromatic heterocycles. The van der Waals surface area contributed by atoms with E-state index >= 15 is 0 Å². The van der Waals surface area contributed by atoms with Gasteiger partial charge in [-0.2, -0.15) is 0 Å². The molecule has 1 aliphatic carbocycles. The molecular weight excluding hydrogens is 278 g/mol. The molecule has 2 rings (SSSR count). The third-order valence-corrected chi connectivity index (χ3v) is 4.47. The number of thiophene rings is 1. The summed E-state index contributed by atoms with van der Waals surface area (Å²) in [5.41, 5.74) is 7.42. The lowest BCUT2D eigenvalue weighted by atomic mass is 9.96. The molecule has 0 aromatic carbocycles. The van der Waals surface area contributed by atoms with Crippen molar-refractivity contribution in [1.29, 1.82) is 0 Å². The Labute approximate surface area is 122 Å². The molecule has 0 atom stereocenters. The Kier molecular flexibility index (Phi) is 5.15. The van der Waals surface area contributed by atoms with Crippen molar-refractivity contribution >= 4 is 34.6 Å². The Bertz CT molecular complexity index is 470. The largest absolute Gasteiger partial charge is 0.361 e. The molecule has 0 spiro atoms. The van der Waals surface area contributed by atoms with Gasteiger partial charge in [0.2, 0.25) is 0 Å². The van der Waals surface area contributed by atoms with Gasteiger partial charge >= 0.3 is 0 Å². The van der Waals surface area contributed by atoms with Crippen molar-refractivity contribution in [2.45, 2.75) is 39.0 Å². The van der Waals surface area contributed by atoms with Gasteiger partial charge in [-0.3, -0.25) is 15.6 Å². The third-order valence-electron chi connectivity index (χ3n) is 3.13. The molecule has 1 heterocycles. The van der Waals surface area contributed by atoms with Crippen LogP contribution in [0.15, 0.2) is 5.38 Å². The van der Waals surface area contributed by atoms with Crippen molar-refractivity contribution in [3.8, 4) is 0 Å². The summed E-state index contributed by atoms with van der Waals surface area (Å²) in [5.74, 6) is -0.0972. The van der Waals surface area contributed by atoms with Crippen LogP contribution in [0.5, 0.6) is 0 Å².